The van der Waals surface area contributed by atoms with E-state index in [1.54, 1.807) is 0 Å². The summed E-state index contributed by atoms with van der Waals surface area (Å²) in [5.74, 6) is 0.644. The van der Waals surface area contributed by atoms with Crippen molar-refractivity contribution < 1.29 is 4.42 Å². The van der Waals surface area contributed by atoms with Crippen molar-refractivity contribution in [1.29, 1.82) is 0 Å². The zero-order valence-corrected chi connectivity index (χ0v) is 26.2. The van der Waals surface area contributed by atoms with Crippen LogP contribution in [0.1, 0.15) is 0 Å². The maximum absolute atomic E-state index is 6.65. The molecule has 0 saturated carbocycles. The normalized spacial score (nSPS) is 12.1. The monoisotopic (exact) mass is 626 g/mol. The molecule has 0 atom stereocenters. The molecule has 0 aliphatic carbocycles. The van der Waals surface area contributed by atoms with Gasteiger partial charge >= 0.3 is 0 Å². The molecule has 0 aliphatic heterocycles. The topological polar surface area (TPSA) is 48.8 Å². The van der Waals surface area contributed by atoms with Gasteiger partial charge in [-0.3, -0.25) is 4.57 Å². The van der Waals surface area contributed by atoms with E-state index in [4.69, 9.17) is 14.4 Å². The van der Waals surface area contributed by atoms with Gasteiger partial charge in [-0.1, -0.05) is 103 Å². The van der Waals surface area contributed by atoms with Crippen molar-refractivity contribution in [3.8, 4) is 22.9 Å². The molecule has 5 nitrogen and oxygen atoms in total. The summed E-state index contributed by atoms with van der Waals surface area (Å²) in [4.78, 5) is 10.5. The molecule has 0 radical (unpaired) electrons. The van der Waals surface area contributed by atoms with E-state index < -0.39 is 0 Å². The van der Waals surface area contributed by atoms with Gasteiger partial charge < -0.3 is 8.98 Å². The number of aromatic nitrogens is 4. The molecule has 11 aromatic rings. The highest BCUT2D eigenvalue weighted by Crippen LogP contribution is 2.45. The summed E-state index contributed by atoms with van der Waals surface area (Å²) in [6.45, 7) is 0. The zero-order valence-electron chi connectivity index (χ0n) is 26.2. The second kappa shape index (κ2) is 9.89. The van der Waals surface area contributed by atoms with Crippen LogP contribution in [-0.4, -0.2) is 19.1 Å². The molecule has 0 bridgehead atoms. The lowest BCUT2D eigenvalue weighted by Crippen LogP contribution is -2.03. The highest BCUT2D eigenvalue weighted by atomic mass is 16.3. The molecule has 5 heteroatoms. The Morgan fingerprint density at radius 2 is 1.08 bits per heavy atom. The number of rotatable bonds is 3. The predicted octanol–water partition coefficient (Wildman–Crippen LogP) is 11.4. The van der Waals surface area contributed by atoms with Gasteiger partial charge in [-0.2, -0.15) is 0 Å². The van der Waals surface area contributed by atoms with Gasteiger partial charge in [0.2, 0.25) is 5.95 Å². The third-order valence-corrected chi connectivity index (χ3v) is 9.92. The van der Waals surface area contributed by atoms with Crippen LogP contribution < -0.4 is 0 Å². The Labute approximate surface area is 279 Å². The molecule has 4 aromatic heterocycles. The first kappa shape index (κ1) is 26.4. The number of hydrogen-bond donors (Lipinski definition) is 0. The Kier molecular flexibility index (Phi) is 5.32. The van der Waals surface area contributed by atoms with E-state index >= 15 is 0 Å². The highest BCUT2D eigenvalue weighted by Gasteiger charge is 2.24. The summed E-state index contributed by atoms with van der Waals surface area (Å²) in [5.41, 5.74) is 10.1. The third kappa shape index (κ3) is 3.64. The Morgan fingerprint density at radius 1 is 0.429 bits per heavy atom. The van der Waals surface area contributed by atoms with Crippen molar-refractivity contribution >= 4 is 76.5 Å². The molecule has 7 aromatic carbocycles. The van der Waals surface area contributed by atoms with Crippen molar-refractivity contribution in [1.82, 2.24) is 19.1 Å². The molecular weight excluding hydrogens is 601 g/mol. The Balaban J connectivity index is 1.33. The maximum atomic E-state index is 6.65. The first-order valence-corrected chi connectivity index (χ1v) is 16.5. The summed E-state index contributed by atoms with van der Waals surface area (Å²) < 4.78 is 11.3. The summed E-state index contributed by atoms with van der Waals surface area (Å²) in [6, 6.07) is 55.1. The lowest BCUT2D eigenvalue weighted by Gasteiger charge is -2.12. The number of hydrogen-bond acceptors (Lipinski definition) is 3. The maximum Gasteiger partial charge on any atom is 0.235 e. The van der Waals surface area contributed by atoms with Crippen LogP contribution in [0.3, 0.4) is 0 Å². The van der Waals surface area contributed by atoms with Crippen LogP contribution in [-0.2, 0) is 0 Å². The van der Waals surface area contributed by atoms with Gasteiger partial charge in [0.05, 0.1) is 38.7 Å². The molecule has 0 spiro atoms. The van der Waals surface area contributed by atoms with Crippen LogP contribution >= 0.6 is 0 Å². The first-order chi connectivity index (χ1) is 24.3. The van der Waals surface area contributed by atoms with Gasteiger partial charge in [-0.25, -0.2) is 9.97 Å². The van der Waals surface area contributed by atoms with Crippen molar-refractivity contribution in [2.75, 3.05) is 0 Å². The van der Waals surface area contributed by atoms with E-state index in [0.717, 1.165) is 93.4 Å². The van der Waals surface area contributed by atoms with E-state index in [2.05, 4.69) is 149 Å². The van der Waals surface area contributed by atoms with Gasteiger partial charge in [0.25, 0.3) is 0 Å². The summed E-state index contributed by atoms with van der Waals surface area (Å²) >= 11 is 0. The third-order valence-electron chi connectivity index (χ3n) is 9.92. The second-order valence-corrected chi connectivity index (χ2v) is 12.6. The Hall–Kier alpha value is -6.72. The first-order valence-electron chi connectivity index (χ1n) is 16.5. The van der Waals surface area contributed by atoms with E-state index in [-0.39, 0.29) is 0 Å². The fourth-order valence-electron chi connectivity index (χ4n) is 7.86. The standard InChI is InChI=1S/C44H26N4O/c1-3-13-27(14-4-1)41-31-18-7-10-20-34(31)45-44(46-41)48-35-21-11-8-19-32(35)39-36(48)26-24-33-40-37(47(42(33)39)28-15-5-2-6-16-28)25-23-30-29-17-9-12-22-38(29)49-43(30)40/h1-26H. The van der Waals surface area contributed by atoms with Crippen molar-refractivity contribution in [2.45, 2.75) is 0 Å². The SMILES string of the molecule is c1ccc(-c2nc(-n3c4ccccc4c4c3ccc3c5c6oc7ccccc7c6ccc5n(-c5ccccc5)c34)nc3ccccc23)cc1. The number of fused-ring (bicyclic) bond motifs is 12. The lowest BCUT2D eigenvalue weighted by molar-refractivity contribution is 0.673. The average Bonchev–Trinajstić information content (AvgIpc) is 3.82. The highest BCUT2D eigenvalue weighted by molar-refractivity contribution is 6.30. The zero-order chi connectivity index (χ0) is 32.1. The minimum absolute atomic E-state index is 0.644. The van der Waals surface area contributed by atoms with Crippen LogP contribution in [0.25, 0.3) is 99.3 Å². The molecule has 49 heavy (non-hydrogen) atoms. The van der Waals surface area contributed by atoms with Crippen molar-refractivity contribution in [3.63, 3.8) is 0 Å². The molecule has 228 valence electrons. The van der Waals surface area contributed by atoms with Gasteiger partial charge in [-0.15, -0.1) is 0 Å². The molecule has 0 aliphatic rings. The number of benzene rings is 7. The van der Waals surface area contributed by atoms with Gasteiger partial charge in [0.15, 0.2) is 0 Å². The van der Waals surface area contributed by atoms with Crippen LogP contribution in [0.4, 0.5) is 0 Å². The van der Waals surface area contributed by atoms with E-state index in [0.29, 0.717) is 5.95 Å². The molecular formula is C44H26N4O. The van der Waals surface area contributed by atoms with Crippen molar-refractivity contribution in [3.05, 3.63) is 158 Å². The summed E-state index contributed by atoms with van der Waals surface area (Å²) in [5, 5.41) is 7.82. The fourth-order valence-corrected chi connectivity index (χ4v) is 7.86. The van der Waals surface area contributed by atoms with E-state index in [1.165, 1.54) is 0 Å². The summed E-state index contributed by atoms with van der Waals surface area (Å²) in [6.07, 6.45) is 0. The van der Waals surface area contributed by atoms with Crippen molar-refractivity contribution in [2.24, 2.45) is 0 Å². The largest absolute Gasteiger partial charge is 0.455 e. The molecule has 0 saturated heterocycles. The molecule has 0 N–H and O–H groups in total. The van der Waals surface area contributed by atoms with E-state index in [1.807, 2.05) is 18.2 Å². The molecule has 0 unspecified atom stereocenters. The average molecular weight is 627 g/mol. The van der Waals surface area contributed by atoms with Gasteiger partial charge in [0, 0.05) is 43.6 Å². The van der Waals surface area contributed by atoms with E-state index in [9.17, 15) is 0 Å². The van der Waals surface area contributed by atoms with Crippen LogP contribution in [0, 0.1) is 0 Å². The molecule has 11 rings (SSSR count). The molecule has 0 amide bonds. The van der Waals surface area contributed by atoms with Crippen LogP contribution in [0.5, 0.6) is 0 Å². The number of furan rings is 1. The predicted molar refractivity (Wildman–Crippen MR) is 201 cm³/mol. The van der Waals surface area contributed by atoms with Gasteiger partial charge in [-0.05, 0) is 54.6 Å². The van der Waals surface area contributed by atoms with Crippen LogP contribution in [0.15, 0.2) is 162 Å². The smallest absolute Gasteiger partial charge is 0.235 e. The number of nitrogens with zero attached hydrogens (tertiary/aromatic N) is 4. The van der Waals surface area contributed by atoms with Gasteiger partial charge in [0.1, 0.15) is 11.2 Å². The Morgan fingerprint density at radius 3 is 1.92 bits per heavy atom. The molecule has 4 heterocycles. The second-order valence-electron chi connectivity index (χ2n) is 12.6. The minimum atomic E-state index is 0.644. The Bertz CT molecular complexity index is 3100. The minimum Gasteiger partial charge on any atom is -0.455 e. The number of para-hydroxylation sites is 4. The van der Waals surface area contributed by atoms with Crippen LogP contribution in [0.2, 0.25) is 0 Å². The lowest BCUT2D eigenvalue weighted by atomic mass is 10.1. The molecule has 0 fully saturated rings. The quantitative estimate of drug-likeness (QED) is 0.196. The summed E-state index contributed by atoms with van der Waals surface area (Å²) in [7, 11) is 0. The fraction of sp³-hybridized carbons (Fsp3) is 0.